The SMILES string of the molecule is COc1cccc(CCNC(=O)c2cnc(NCc3ccc(F)cc3)nc2)c1. The second-order valence-electron chi connectivity index (χ2n) is 6.13. The minimum absolute atomic E-state index is 0.229. The van der Waals surface area contributed by atoms with E-state index in [-0.39, 0.29) is 11.7 Å². The number of hydrogen-bond donors (Lipinski definition) is 2. The summed E-state index contributed by atoms with van der Waals surface area (Å²) in [6.07, 6.45) is 3.64. The summed E-state index contributed by atoms with van der Waals surface area (Å²) in [7, 11) is 1.62. The molecule has 1 amide bonds. The lowest BCUT2D eigenvalue weighted by Crippen LogP contribution is -2.26. The lowest BCUT2D eigenvalue weighted by atomic mass is 10.1. The van der Waals surface area contributed by atoms with Gasteiger partial charge in [-0.3, -0.25) is 4.79 Å². The van der Waals surface area contributed by atoms with Crippen LogP contribution in [0.4, 0.5) is 10.3 Å². The first-order chi connectivity index (χ1) is 13.6. The van der Waals surface area contributed by atoms with Crippen LogP contribution in [-0.4, -0.2) is 29.5 Å². The zero-order chi connectivity index (χ0) is 19.8. The highest BCUT2D eigenvalue weighted by Gasteiger charge is 2.07. The van der Waals surface area contributed by atoms with Crippen LogP contribution in [-0.2, 0) is 13.0 Å². The number of carbonyl (C=O) groups excluding carboxylic acids is 1. The fourth-order valence-corrected chi connectivity index (χ4v) is 2.57. The van der Waals surface area contributed by atoms with Crippen molar-refractivity contribution in [3.05, 3.63) is 83.4 Å². The average Bonchev–Trinajstić information content (AvgIpc) is 2.74. The number of nitrogens with zero attached hydrogens (tertiary/aromatic N) is 2. The van der Waals surface area contributed by atoms with Crippen molar-refractivity contribution in [2.24, 2.45) is 0 Å². The number of anilines is 1. The Kier molecular flexibility index (Phi) is 6.51. The molecule has 144 valence electrons. The average molecular weight is 380 g/mol. The molecule has 1 heterocycles. The van der Waals surface area contributed by atoms with E-state index in [9.17, 15) is 9.18 Å². The Morgan fingerprint density at radius 1 is 1.07 bits per heavy atom. The molecule has 6 nitrogen and oxygen atoms in total. The van der Waals surface area contributed by atoms with Gasteiger partial charge in [-0.25, -0.2) is 14.4 Å². The number of amides is 1. The number of nitrogens with one attached hydrogen (secondary N) is 2. The molecule has 0 aliphatic heterocycles. The summed E-state index contributed by atoms with van der Waals surface area (Å²) in [4.78, 5) is 20.5. The summed E-state index contributed by atoms with van der Waals surface area (Å²) in [6.45, 7) is 0.961. The van der Waals surface area contributed by atoms with E-state index in [0.717, 1.165) is 16.9 Å². The van der Waals surface area contributed by atoms with Gasteiger partial charge in [0, 0.05) is 25.5 Å². The van der Waals surface area contributed by atoms with Crippen LogP contribution in [0.5, 0.6) is 5.75 Å². The number of hydrogen-bond acceptors (Lipinski definition) is 5. The summed E-state index contributed by atoms with van der Waals surface area (Å²) in [5.41, 5.74) is 2.37. The molecule has 0 atom stereocenters. The number of aromatic nitrogens is 2. The van der Waals surface area contributed by atoms with Crippen molar-refractivity contribution in [3.63, 3.8) is 0 Å². The van der Waals surface area contributed by atoms with Crippen LogP contribution >= 0.6 is 0 Å². The number of rotatable bonds is 8. The third-order valence-corrected chi connectivity index (χ3v) is 4.11. The fourth-order valence-electron chi connectivity index (χ4n) is 2.57. The fraction of sp³-hybridized carbons (Fsp3) is 0.190. The first-order valence-electron chi connectivity index (χ1n) is 8.85. The van der Waals surface area contributed by atoms with Gasteiger partial charge in [0.1, 0.15) is 11.6 Å². The minimum Gasteiger partial charge on any atom is -0.497 e. The monoisotopic (exact) mass is 380 g/mol. The van der Waals surface area contributed by atoms with Gasteiger partial charge in [0.15, 0.2) is 0 Å². The molecule has 0 saturated carbocycles. The highest BCUT2D eigenvalue weighted by molar-refractivity contribution is 5.93. The van der Waals surface area contributed by atoms with E-state index in [0.29, 0.717) is 31.0 Å². The maximum atomic E-state index is 12.9. The van der Waals surface area contributed by atoms with Crippen molar-refractivity contribution in [3.8, 4) is 5.75 Å². The largest absolute Gasteiger partial charge is 0.497 e. The molecule has 28 heavy (non-hydrogen) atoms. The van der Waals surface area contributed by atoms with E-state index < -0.39 is 0 Å². The number of benzene rings is 2. The molecule has 0 spiro atoms. The Labute approximate surface area is 162 Å². The van der Waals surface area contributed by atoms with Crippen molar-refractivity contribution >= 4 is 11.9 Å². The van der Waals surface area contributed by atoms with E-state index in [1.165, 1.54) is 24.5 Å². The lowest BCUT2D eigenvalue weighted by molar-refractivity contribution is 0.0953. The molecule has 0 radical (unpaired) electrons. The number of methoxy groups -OCH3 is 1. The van der Waals surface area contributed by atoms with Gasteiger partial charge in [-0.1, -0.05) is 24.3 Å². The maximum Gasteiger partial charge on any atom is 0.254 e. The molecular weight excluding hydrogens is 359 g/mol. The van der Waals surface area contributed by atoms with Crippen molar-refractivity contribution in [1.82, 2.24) is 15.3 Å². The topological polar surface area (TPSA) is 76.1 Å². The molecule has 0 saturated heterocycles. The predicted octanol–water partition coefficient (Wildman–Crippen LogP) is 3.21. The van der Waals surface area contributed by atoms with Crippen molar-refractivity contribution < 1.29 is 13.9 Å². The second-order valence-corrected chi connectivity index (χ2v) is 6.13. The first kappa shape index (κ1) is 19.3. The Morgan fingerprint density at radius 3 is 2.54 bits per heavy atom. The van der Waals surface area contributed by atoms with Gasteiger partial charge in [-0.2, -0.15) is 0 Å². The minimum atomic E-state index is -0.276. The summed E-state index contributed by atoms with van der Waals surface area (Å²) in [6, 6.07) is 13.9. The molecule has 2 N–H and O–H groups in total. The Balaban J connectivity index is 1.47. The molecule has 0 fully saturated rings. The Morgan fingerprint density at radius 2 is 1.82 bits per heavy atom. The van der Waals surface area contributed by atoms with E-state index >= 15 is 0 Å². The van der Waals surface area contributed by atoms with Crippen LogP contribution in [0.3, 0.4) is 0 Å². The van der Waals surface area contributed by atoms with Gasteiger partial charge in [0.25, 0.3) is 5.91 Å². The van der Waals surface area contributed by atoms with E-state index in [1.54, 1.807) is 19.2 Å². The standard InChI is InChI=1S/C21H21FN4O2/c1-28-19-4-2-3-15(11-19)9-10-23-20(27)17-13-25-21(26-14-17)24-12-16-5-7-18(22)8-6-16/h2-8,11,13-14H,9-10,12H2,1H3,(H,23,27)(H,24,25,26). The molecule has 0 aliphatic rings. The van der Waals surface area contributed by atoms with Crippen molar-refractivity contribution in [2.45, 2.75) is 13.0 Å². The van der Waals surface area contributed by atoms with E-state index in [2.05, 4.69) is 20.6 Å². The molecule has 3 aromatic rings. The van der Waals surface area contributed by atoms with Crippen LogP contribution in [0.2, 0.25) is 0 Å². The van der Waals surface area contributed by atoms with Crippen molar-refractivity contribution in [1.29, 1.82) is 0 Å². The second kappa shape index (κ2) is 9.45. The van der Waals surface area contributed by atoms with Crippen LogP contribution in [0, 0.1) is 5.82 Å². The lowest BCUT2D eigenvalue weighted by Gasteiger charge is -2.08. The van der Waals surface area contributed by atoms with Crippen LogP contribution in [0.25, 0.3) is 0 Å². The summed E-state index contributed by atoms with van der Waals surface area (Å²) in [5, 5.41) is 5.89. The van der Waals surface area contributed by atoms with E-state index in [4.69, 9.17) is 4.74 Å². The number of ether oxygens (including phenoxy) is 1. The van der Waals surface area contributed by atoms with Gasteiger partial charge in [0.05, 0.1) is 12.7 Å². The summed E-state index contributed by atoms with van der Waals surface area (Å²) >= 11 is 0. The molecule has 0 aliphatic carbocycles. The van der Waals surface area contributed by atoms with Gasteiger partial charge < -0.3 is 15.4 Å². The van der Waals surface area contributed by atoms with Crippen molar-refractivity contribution in [2.75, 3.05) is 19.0 Å². The van der Waals surface area contributed by atoms with Crippen LogP contribution in [0.1, 0.15) is 21.5 Å². The maximum absolute atomic E-state index is 12.9. The third kappa shape index (κ3) is 5.51. The highest BCUT2D eigenvalue weighted by atomic mass is 19.1. The van der Waals surface area contributed by atoms with Crippen LogP contribution < -0.4 is 15.4 Å². The molecule has 2 aromatic carbocycles. The molecule has 1 aromatic heterocycles. The zero-order valence-electron chi connectivity index (χ0n) is 15.5. The normalized spacial score (nSPS) is 10.4. The van der Waals surface area contributed by atoms with Gasteiger partial charge in [-0.15, -0.1) is 0 Å². The summed E-state index contributed by atoms with van der Waals surface area (Å²) < 4.78 is 18.1. The molecule has 0 bridgehead atoms. The summed E-state index contributed by atoms with van der Waals surface area (Å²) in [5.74, 6) is 0.688. The predicted molar refractivity (Wildman–Crippen MR) is 105 cm³/mol. The number of carbonyl (C=O) groups is 1. The number of halogens is 1. The smallest absolute Gasteiger partial charge is 0.254 e. The Hall–Kier alpha value is -3.48. The third-order valence-electron chi connectivity index (χ3n) is 4.11. The van der Waals surface area contributed by atoms with Gasteiger partial charge >= 0.3 is 0 Å². The molecule has 3 rings (SSSR count). The first-order valence-corrected chi connectivity index (χ1v) is 8.85. The van der Waals surface area contributed by atoms with Gasteiger partial charge in [0.2, 0.25) is 5.95 Å². The van der Waals surface area contributed by atoms with Gasteiger partial charge in [-0.05, 0) is 41.8 Å². The zero-order valence-corrected chi connectivity index (χ0v) is 15.5. The molecule has 0 unspecified atom stereocenters. The molecular formula is C21H21FN4O2. The highest BCUT2D eigenvalue weighted by Crippen LogP contribution is 2.12. The Bertz CT molecular complexity index is 914. The van der Waals surface area contributed by atoms with Crippen LogP contribution in [0.15, 0.2) is 60.9 Å². The quantitative estimate of drug-likeness (QED) is 0.628. The van der Waals surface area contributed by atoms with E-state index in [1.807, 2.05) is 24.3 Å². The molecule has 7 heteroatoms.